The maximum absolute atomic E-state index is 13.5. The molecule has 0 aliphatic carbocycles. The number of hydrogen-bond acceptors (Lipinski definition) is 6. The van der Waals surface area contributed by atoms with E-state index in [4.69, 9.17) is 8.92 Å². The number of halogens is 4. The molecule has 4 rings (SSSR count). The molecule has 3 aromatic carbocycles. The molecule has 0 aromatic heterocycles. The third-order valence-electron chi connectivity index (χ3n) is 5.59. The summed E-state index contributed by atoms with van der Waals surface area (Å²) in [6.07, 6.45) is -5.56. The maximum Gasteiger partial charge on any atom is 0.416 e. The van der Waals surface area contributed by atoms with Crippen LogP contribution in [0.5, 0.6) is 5.75 Å². The van der Waals surface area contributed by atoms with Crippen molar-refractivity contribution in [1.82, 2.24) is 0 Å². The lowest BCUT2D eigenvalue weighted by Crippen LogP contribution is -2.44. The van der Waals surface area contributed by atoms with Crippen LogP contribution in [0.2, 0.25) is 0 Å². The van der Waals surface area contributed by atoms with Gasteiger partial charge >= 0.3 is 6.18 Å². The highest BCUT2D eigenvalue weighted by Crippen LogP contribution is 2.40. The van der Waals surface area contributed by atoms with Gasteiger partial charge in [0.2, 0.25) is 0 Å². The zero-order chi connectivity index (χ0) is 27.0. The molecule has 0 fully saturated rings. The molecule has 13 heteroatoms. The minimum atomic E-state index is -4.72. The number of benzene rings is 3. The summed E-state index contributed by atoms with van der Waals surface area (Å²) >= 11 is 3.27. The Morgan fingerprint density at radius 2 is 1.70 bits per heavy atom. The van der Waals surface area contributed by atoms with Crippen LogP contribution in [0, 0.1) is 6.92 Å². The van der Waals surface area contributed by atoms with Crippen molar-refractivity contribution >= 4 is 41.8 Å². The van der Waals surface area contributed by atoms with Gasteiger partial charge in [0.25, 0.3) is 20.1 Å². The number of hydrogen-bond donors (Lipinski definition) is 0. The summed E-state index contributed by atoms with van der Waals surface area (Å²) in [7, 11) is -8.48. The van der Waals surface area contributed by atoms with Crippen LogP contribution in [0.4, 0.5) is 18.9 Å². The average Bonchev–Trinajstić information content (AvgIpc) is 2.83. The van der Waals surface area contributed by atoms with E-state index in [1.807, 2.05) is 6.92 Å². The Balaban J connectivity index is 1.58. The smallest absolute Gasteiger partial charge is 0.416 e. The van der Waals surface area contributed by atoms with Gasteiger partial charge in [0, 0.05) is 10.9 Å². The van der Waals surface area contributed by atoms with E-state index < -0.39 is 42.9 Å². The molecule has 0 saturated heterocycles. The van der Waals surface area contributed by atoms with Gasteiger partial charge in [0.15, 0.2) is 0 Å². The summed E-state index contributed by atoms with van der Waals surface area (Å²) in [5.41, 5.74) is -0.0827. The number of aryl methyl sites for hydroxylation is 1. The van der Waals surface area contributed by atoms with Crippen LogP contribution in [0.1, 0.15) is 17.5 Å². The lowest BCUT2D eigenvalue weighted by Gasteiger charge is -2.35. The van der Waals surface area contributed by atoms with Crippen molar-refractivity contribution in [2.45, 2.75) is 35.4 Å². The Bertz CT molecular complexity index is 1510. The number of sulfonamides is 1. The molecule has 0 N–H and O–H groups in total. The number of rotatable bonds is 7. The van der Waals surface area contributed by atoms with Gasteiger partial charge in [-0.05, 0) is 55.5 Å². The van der Waals surface area contributed by atoms with E-state index in [0.717, 1.165) is 28.1 Å². The highest BCUT2D eigenvalue weighted by Gasteiger charge is 2.37. The molecule has 0 saturated carbocycles. The highest BCUT2D eigenvalue weighted by atomic mass is 79.9. The van der Waals surface area contributed by atoms with Crippen LogP contribution >= 0.6 is 15.9 Å². The van der Waals surface area contributed by atoms with Crippen molar-refractivity contribution < 1.29 is 38.9 Å². The first-order valence-electron chi connectivity index (χ1n) is 10.9. The predicted octanol–water partition coefficient (Wildman–Crippen LogP) is 5.53. The van der Waals surface area contributed by atoms with Crippen LogP contribution in [-0.4, -0.2) is 36.1 Å². The molecule has 0 amide bonds. The predicted molar refractivity (Wildman–Crippen MR) is 133 cm³/mol. The molecular formula is C24H21BrF3NO6S2. The highest BCUT2D eigenvalue weighted by molar-refractivity contribution is 9.10. The van der Waals surface area contributed by atoms with Gasteiger partial charge in [0.1, 0.15) is 11.9 Å². The van der Waals surface area contributed by atoms with Crippen LogP contribution in [0.3, 0.4) is 0 Å². The SMILES string of the molecule is Cc1ccc(S(=O)(=O)OCC[C@H]2CN(S(=O)(=O)c3cccc(C(F)(F)F)c3)c3cc(Br)ccc3O2)cc1. The lowest BCUT2D eigenvalue weighted by molar-refractivity contribution is -0.137. The van der Waals surface area contributed by atoms with Crippen molar-refractivity contribution in [1.29, 1.82) is 0 Å². The van der Waals surface area contributed by atoms with Crippen LogP contribution in [-0.2, 0) is 30.5 Å². The number of nitrogens with zero attached hydrogens (tertiary/aromatic N) is 1. The van der Waals surface area contributed by atoms with E-state index in [-0.39, 0.29) is 35.9 Å². The third-order valence-corrected chi connectivity index (χ3v) is 9.19. The number of anilines is 1. The summed E-state index contributed by atoms with van der Waals surface area (Å²) in [4.78, 5) is -0.557. The first-order chi connectivity index (χ1) is 17.3. The Labute approximate surface area is 221 Å². The van der Waals surface area contributed by atoms with Gasteiger partial charge in [0.05, 0.1) is 34.2 Å². The fourth-order valence-corrected chi connectivity index (χ4v) is 6.50. The molecule has 7 nitrogen and oxygen atoms in total. The molecule has 1 aliphatic heterocycles. The Morgan fingerprint density at radius 3 is 2.38 bits per heavy atom. The van der Waals surface area contributed by atoms with Crippen LogP contribution in [0.25, 0.3) is 0 Å². The summed E-state index contributed by atoms with van der Waals surface area (Å²) in [5.74, 6) is 0.177. The largest absolute Gasteiger partial charge is 0.486 e. The molecule has 198 valence electrons. The summed E-state index contributed by atoms with van der Waals surface area (Å²) in [6.45, 7) is 1.24. The second kappa shape index (κ2) is 10.3. The normalized spacial score (nSPS) is 16.2. The van der Waals surface area contributed by atoms with Gasteiger partial charge in [-0.15, -0.1) is 0 Å². The van der Waals surface area contributed by atoms with Gasteiger partial charge in [-0.1, -0.05) is 39.7 Å². The summed E-state index contributed by atoms with van der Waals surface area (Å²) < 4.78 is 104. The van der Waals surface area contributed by atoms with E-state index in [0.29, 0.717) is 10.5 Å². The van der Waals surface area contributed by atoms with Gasteiger partial charge in [-0.25, -0.2) is 8.42 Å². The zero-order valence-electron chi connectivity index (χ0n) is 19.3. The fourth-order valence-electron chi connectivity index (χ4n) is 3.69. The fraction of sp³-hybridized carbons (Fsp3) is 0.250. The molecule has 0 spiro atoms. The van der Waals surface area contributed by atoms with E-state index in [1.54, 1.807) is 18.2 Å². The zero-order valence-corrected chi connectivity index (χ0v) is 22.5. The van der Waals surface area contributed by atoms with Crippen molar-refractivity contribution in [3.63, 3.8) is 0 Å². The van der Waals surface area contributed by atoms with Crippen molar-refractivity contribution in [3.05, 3.63) is 82.3 Å². The Kier molecular flexibility index (Phi) is 7.62. The van der Waals surface area contributed by atoms with Gasteiger partial charge in [-0.2, -0.15) is 21.6 Å². The van der Waals surface area contributed by atoms with Gasteiger partial charge < -0.3 is 4.74 Å². The molecule has 0 bridgehead atoms. The van der Waals surface area contributed by atoms with E-state index in [9.17, 15) is 30.0 Å². The van der Waals surface area contributed by atoms with E-state index in [1.165, 1.54) is 24.3 Å². The Hall–Kier alpha value is -2.61. The average molecular weight is 620 g/mol. The second-order valence-corrected chi connectivity index (χ2v) is 12.7. The van der Waals surface area contributed by atoms with Crippen LogP contribution < -0.4 is 9.04 Å². The molecule has 1 heterocycles. The molecule has 0 radical (unpaired) electrons. The van der Waals surface area contributed by atoms with Crippen LogP contribution in [0.15, 0.2) is 81.0 Å². The monoisotopic (exact) mass is 619 g/mol. The number of ether oxygens (including phenoxy) is 1. The van der Waals surface area contributed by atoms with Crippen molar-refractivity contribution in [2.24, 2.45) is 0 Å². The number of fused-ring (bicyclic) bond motifs is 1. The van der Waals surface area contributed by atoms with E-state index >= 15 is 0 Å². The molecule has 1 aliphatic rings. The van der Waals surface area contributed by atoms with Crippen molar-refractivity contribution in [2.75, 3.05) is 17.5 Å². The molecule has 1 atom stereocenters. The standard InChI is InChI=1S/C24H21BrF3NO6S2/c1-16-5-8-20(9-6-16)37(32,33)34-12-11-19-15-29(22-14-18(25)7-10-23(22)35-19)36(30,31)21-4-2-3-17(13-21)24(26,27)28/h2-10,13-14,19H,11-12,15H2,1H3/t19-/m0/s1. The first kappa shape index (κ1) is 27.4. The van der Waals surface area contributed by atoms with E-state index in [2.05, 4.69) is 15.9 Å². The second-order valence-electron chi connectivity index (χ2n) is 8.29. The molecule has 37 heavy (non-hydrogen) atoms. The summed E-state index contributed by atoms with van der Waals surface area (Å²) in [5, 5.41) is 0. The number of alkyl halides is 3. The first-order valence-corrected chi connectivity index (χ1v) is 14.5. The van der Waals surface area contributed by atoms with Gasteiger partial charge in [-0.3, -0.25) is 8.49 Å². The Morgan fingerprint density at radius 1 is 1.00 bits per heavy atom. The minimum Gasteiger partial charge on any atom is -0.486 e. The lowest BCUT2D eigenvalue weighted by atomic mass is 10.2. The topological polar surface area (TPSA) is 90.0 Å². The molecule has 3 aromatic rings. The van der Waals surface area contributed by atoms with Crippen molar-refractivity contribution in [3.8, 4) is 5.75 Å². The maximum atomic E-state index is 13.5. The minimum absolute atomic E-state index is 0.00476. The summed E-state index contributed by atoms with van der Waals surface area (Å²) in [6, 6.07) is 14.2. The quantitative estimate of drug-likeness (QED) is 0.323. The molecule has 0 unspecified atom stereocenters. The molecular weight excluding hydrogens is 599 g/mol. The third kappa shape index (κ3) is 6.11.